The number of hydrogen-bond acceptors (Lipinski definition) is 4. The van der Waals surface area contributed by atoms with E-state index >= 15 is 0 Å². The number of benzene rings is 1. The summed E-state index contributed by atoms with van der Waals surface area (Å²) in [6, 6.07) is 7.47. The third-order valence-electron chi connectivity index (χ3n) is 2.43. The monoisotopic (exact) mass is 244 g/mol. The van der Waals surface area contributed by atoms with Crippen LogP contribution in [-0.4, -0.2) is 16.6 Å². The number of fused-ring (bicyclic) bond motifs is 1. The molecule has 94 valence electrons. The number of hydrogen-bond donors (Lipinski definition) is 1. The Morgan fingerprint density at radius 3 is 2.61 bits per heavy atom. The lowest BCUT2D eigenvalue weighted by Crippen LogP contribution is -2.24. The van der Waals surface area contributed by atoms with Gasteiger partial charge in [0.2, 0.25) is 0 Å². The van der Waals surface area contributed by atoms with Gasteiger partial charge in [-0.3, -0.25) is 0 Å². The lowest BCUT2D eigenvalue weighted by atomic mass is 10.1. The number of nitrogen functional groups attached to an aromatic ring is 1. The highest BCUT2D eigenvalue weighted by Gasteiger charge is 2.22. The molecular weight excluding hydrogens is 228 g/mol. The SMILES string of the molecule is CC(C)(C)OC(=O)c1c(N)ncc2ccccc12. The smallest absolute Gasteiger partial charge is 0.343 e. The van der Waals surface area contributed by atoms with Gasteiger partial charge in [-0.25, -0.2) is 9.78 Å². The van der Waals surface area contributed by atoms with E-state index in [1.54, 1.807) is 6.20 Å². The highest BCUT2D eigenvalue weighted by Crippen LogP contribution is 2.24. The minimum absolute atomic E-state index is 0.197. The predicted molar refractivity (Wildman–Crippen MR) is 71.3 cm³/mol. The van der Waals surface area contributed by atoms with Gasteiger partial charge in [0.1, 0.15) is 17.0 Å². The van der Waals surface area contributed by atoms with Crippen LogP contribution in [-0.2, 0) is 4.74 Å². The number of nitrogens with two attached hydrogens (primary N) is 1. The van der Waals surface area contributed by atoms with Gasteiger partial charge in [-0.1, -0.05) is 24.3 Å². The van der Waals surface area contributed by atoms with Crippen LogP contribution < -0.4 is 5.73 Å². The van der Waals surface area contributed by atoms with Gasteiger partial charge >= 0.3 is 5.97 Å². The van der Waals surface area contributed by atoms with Gasteiger partial charge in [0, 0.05) is 17.0 Å². The van der Waals surface area contributed by atoms with Crippen molar-refractivity contribution in [3.8, 4) is 0 Å². The molecule has 1 heterocycles. The molecule has 2 aromatic rings. The maximum absolute atomic E-state index is 12.2. The number of aromatic nitrogens is 1. The van der Waals surface area contributed by atoms with E-state index in [0.717, 1.165) is 10.8 Å². The molecule has 0 amide bonds. The zero-order chi connectivity index (χ0) is 13.3. The predicted octanol–water partition coefficient (Wildman–Crippen LogP) is 2.77. The van der Waals surface area contributed by atoms with E-state index < -0.39 is 11.6 Å². The molecule has 0 unspecified atom stereocenters. The molecule has 0 bridgehead atoms. The Morgan fingerprint density at radius 2 is 1.94 bits per heavy atom. The maximum Gasteiger partial charge on any atom is 0.343 e. The number of ether oxygens (including phenoxy) is 1. The van der Waals surface area contributed by atoms with Crippen LogP contribution in [0.2, 0.25) is 0 Å². The van der Waals surface area contributed by atoms with Crippen molar-refractivity contribution in [2.24, 2.45) is 0 Å². The molecular formula is C14H16N2O2. The Balaban J connectivity index is 2.56. The van der Waals surface area contributed by atoms with Gasteiger partial charge < -0.3 is 10.5 Å². The van der Waals surface area contributed by atoms with Gasteiger partial charge in [-0.2, -0.15) is 0 Å². The summed E-state index contributed by atoms with van der Waals surface area (Å²) < 4.78 is 5.35. The maximum atomic E-state index is 12.2. The lowest BCUT2D eigenvalue weighted by Gasteiger charge is -2.20. The highest BCUT2D eigenvalue weighted by atomic mass is 16.6. The third-order valence-corrected chi connectivity index (χ3v) is 2.43. The Labute approximate surface area is 106 Å². The molecule has 1 aromatic carbocycles. The first-order valence-corrected chi connectivity index (χ1v) is 5.75. The largest absolute Gasteiger partial charge is 0.456 e. The van der Waals surface area contributed by atoms with E-state index in [2.05, 4.69) is 4.98 Å². The summed E-state index contributed by atoms with van der Waals surface area (Å²) in [7, 11) is 0. The van der Waals surface area contributed by atoms with Gasteiger partial charge in [-0.15, -0.1) is 0 Å². The number of carbonyl (C=O) groups is 1. The van der Waals surface area contributed by atoms with Gasteiger partial charge in [0.05, 0.1) is 0 Å². The molecule has 0 aliphatic carbocycles. The summed E-state index contributed by atoms with van der Waals surface area (Å²) in [6.07, 6.45) is 1.65. The Bertz CT molecular complexity index is 600. The van der Waals surface area contributed by atoms with Crippen molar-refractivity contribution in [2.75, 3.05) is 5.73 Å². The molecule has 0 radical (unpaired) electrons. The van der Waals surface area contributed by atoms with Gasteiger partial charge in [0.25, 0.3) is 0 Å². The van der Waals surface area contributed by atoms with E-state index in [1.807, 2.05) is 45.0 Å². The summed E-state index contributed by atoms with van der Waals surface area (Å²) in [4.78, 5) is 16.2. The molecule has 0 atom stereocenters. The molecule has 0 aliphatic rings. The normalized spacial score (nSPS) is 11.5. The quantitative estimate of drug-likeness (QED) is 0.783. The van der Waals surface area contributed by atoms with Crippen molar-refractivity contribution in [1.82, 2.24) is 4.98 Å². The summed E-state index contributed by atoms with van der Waals surface area (Å²) in [5.41, 5.74) is 5.58. The number of nitrogens with zero attached hydrogens (tertiary/aromatic N) is 1. The van der Waals surface area contributed by atoms with E-state index in [0.29, 0.717) is 5.56 Å². The summed E-state index contributed by atoms with van der Waals surface area (Å²) in [5, 5.41) is 1.63. The topological polar surface area (TPSA) is 65.2 Å². The van der Waals surface area contributed by atoms with Crippen LogP contribution in [0.4, 0.5) is 5.82 Å². The lowest BCUT2D eigenvalue weighted by molar-refractivity contribution is 0.00728. The van der Waals surface area contributed by atoms with Crippen LogP contribution in [0, 0.1) is 0 Å². The van der Waals surface area contributed by atoms with E-state index in [4.69, 9.17) is 10.5 Å². The second-order valence-electron chi connectivity index (χ2n) is 5.11. The van der Waals surface area contributed by atoms with Gasteiger partial charge in [0.15, 0.2) is 0 Å². The van der Waals surface area contributed by atoms with E-state index in [9.17, 15) is 4.79 Å². The van der Waals surface area contributed by atoms with E-state index in [1.165, 1.54) is 0 Å². The first-order valence-electron chi connectivity index (χ1n) is 5.75. The average Bonchev–Trinajstić information content (AvgIpc) is 2.26. The van der Waals surface area contributed by atoms with Gasteiger partial charge in [-0.05, 0) is 20.8 Å². The molecule has 2 N–H and O–H groups in total. The fraction of sp³-hybridized carbons (Fsp3) is 0.286. The van der Waals surface area contributed by atoms with Crippen LogP contribution in [0.1, 0.15) is 31.1 Å². The Morgan fingerprint density at radius 1 is 1.28 bits per heavy atom. The van der Waals surface area contributed by atoms with Crippen molar-refractivity contribution in [2.45, 2.75) is 26.4 Å². The molecule has 0 saturated carbocycles. The molecule has 4 nitrogen and oxygen atoms in total. The van der Waals surface area contributed by atoms with Crippen molar-refractivity contribution in [3.05, 3.63) is 36.0 Å². The standard InChI is InChI=1S/C14H16N2O2/c1-14(2,3)18-13(17)11-10-7-5-4-6-9(10)8-16-12(11)15/h4-8H,1-3H3,(H2,15,16). The fourth-order valence-corrected chi connectivity index (χ4v) is 1.72. The average molecular weight is 244 g/mol. The number of esters is 1. The first kappa shape index (κ1) is 12.4. The Kier molecular flexibility index (Phi) is 2.95. The van der Waals surface area contributed by atoms with Crippen LogP contribution >= 0.6 is 0 Å². The third kappa shape index (κ3) is 2.42. The number of anilines is 1. The molecule has 2 rings (SSSR count). The minimum Gasteiger partial charge on any atom is -0.456 e. The molecule has 18 heavy (non-hydrogen) atoms. The van der Waals surface area contributed by atoms with Crippen LogP contribution in [0.5, 0.6) is 0 Å². The van der Waals surface area contributed by atoms with Crippen LogP contribution in [0.25, 0.3) is 10.8 Å². The zero-order valence-electron chi connectivity index (χ0n) is 10.7. The number of rotatable bonds is 1. The molecule has 4 heteroatoms. The molecule has 0 saturated heterocycles. The Hall–Kier alpha value is -2.10. The first-order chi connectivity index (χ1) is 8.38. The van der Waals surface area contributed by atoms with Crippen LogP contribution in [0.15, 0.2) is 30.5 Å². The molecule has 1 aromatic heterocycles. The highest BCUT2D eigenvalue weighted by molar-refractivity contribution is 6.08. The summed E-state index contributed by atoms with van der Waals surface area (Å²) >= 11 is 0. The molecule has 0 fully saturated rings. The summed E-state index contributed by atoms with van der Waals surface area (Å²) in [6.45, 7) is 5.46. The second kappa shape index (κ2) is 4.29. The van der Waals surface area contributed by atoms with Crippen LogP contribution in [0.3, 0.4) is 0 Å². The molecule has 0 spiro atoms. The van der Waals surface area contributed by atoms with Crippen molar-refractivity contribution in [3.63, 3.8) is 0 Å². The van der Waals surface area contributed by atoms with Crippen molar-refractivity contribution < 1.29 is 9.53 Å². The van der Waals surface area contributed by atoms with Crippen molar-refractivity contribution in [1.29, 1.82) is 0 Å². The second-order valence-corrected chi connectivity index (χ2v) is 5.11. The minimum atomic E-state index is -0.555. The summed E-state index contributed by atoms with van der Waals surface area (Å²) in [5.74, 6) is -0.243. The molecule has 0 aliphatic heterocycles. The van der Waals surface area contributed by atoms with Crippen molar-refractivity contribution >= 4 is 22.6 Å². The fourth-order valence-electron chi connectivity index (χ4n) is 1.72. The number of carbonyl (C=O) groups excluding carboxylic acids is 1. The van der Waals surface area contributed by atoms with E-state index in [-0.39, 0.29) is 5.82 Å². The zero-order valence-corrected chi connectivity index (χ0v) is 10.7. The number of pyridine rings is 1.